The Kier molecular flexibility index (Phi) is 4.13. The zero-order valence-electron chi connectivity index (χ0n) is 12.0. The van der Waals surface area contributed by atoms with Crippen LogP contribution in [0.5, 0.6) is 0 Å². The predicted molar refractivity (Wildman–Crippen MR) is 76.9 cm³/mol. The number of benzene rings is 1. The summed E-state index contributed by atoms with van der Waals surface area (Å²) in [6.45, 7) is -0.241. The molecule has 2 bridgehead atoms. The van der Waals surface area contributed by atoms with Crippen molar-refractivity contribution in [2.75, 3.05) is 6.61 Å². The fourth-order valence-electron chi connectivity index (χ4n) is 3.51. The van der Waals surface area contributed by atoms with Crippen LogP contribution in [-0.2, 0) is 14.3 Å². The van der Waals surface area contributed by atoms with E-state index in [1.54, 1.807) is 0 Å². The van der Waals surface area contributed by atoms with Crippen molar-refractivity contribution < 1.29 is 24.5 Å². The molecule has 6 nitrogen and oxygen atoms in total. The van der Waals surface area contributed by atoms with Crippen LogP contribution >= 0.6 is 0 Å². The Morgan fingerprint density at radius 2 is 1.82 bits per heavy atom. The smallest absolute Gasteiger partial charge is 0.310 e. The molecule has 3 rings (SSSR count). The third-order valence-electron chi connectivity index (χ3n) is 4.56. The van der Waals surface area contributed by atoms with E-state index in [-0.39, 0.29) is 24.7 Å². The Labute approximate surface area is 128 Å². The lowest BCUT2D eigenvalue weighted by Crippen LogP contribution is -2.45. The Bertz CT molecular complexity index is 561. The first-order valence-corrected chi connectivity index (χ1v) is 7.46. The molecule has 22 heavy (non-hydrogen) atoms. The summed E-state index contributed by atoms with van der Waals surface area (Å²) in [6.07, 6.45) is 0.693. The van der Waals surface area contributed by atoms with Crippen molar-refractivity contribution >= 4 is 11.9 Å². The van der Waals surface area contributed by atoms with Gasteiger partial charge in [0.25, 0.3) is 0 Å². The molecule has 2 aliphatic rings. The van der Waals surface area contributed by atoms with Crippen LogP contribution in [0.4, 0.5) is 0 Å². The van der Waals surface area contributed by atoms with Crippen LogP contribution in [0.25, 0.3) is 0 Å². The number of aliphatic carboxylic acids is 1. The number of amides is 1. The molecule has 0 saturated carbocycles. The predicted octanol–water partition coefficient (Wildman–Crippen LogP) is 0.714. The van der Waals surface area contributed by atoms with E-state index in [4.69, 9.17) is 4.74 Å². The fourth-order valence-corrected chi connectivity index (χ4v) is 3.51. The van der Waals surface area contributed by atoms with Crippen molar-refractivity contribution in [2.24, 2.45) is 11.8 Å². The van der Waals surface area contributed by atoms with E-state index < -0.39 is 23.8 Å². The first kappa shape index (κ1) is 15.0. The minimum absolute atomic E-state index is 0.241. The van der Waals surface area contributed by atoms with Gasteiger partial charge >= 0.3 is 5.97 Å². The number of aliphatic hydroxyl groups excluding tert-OH is 1. The lowest BCUT2D eigenvalue weighted by molar-refractivity contribution is -0.148. The number of hydrogen-bond acceptors (Lipinski definition) is 4. The van der Waals surface area contributed by atoms with Crippen molar-refractivity contribution in [2.45, 2.75) is 31.1 Å². The molecule has 0 radical (unpaired) electrons. The molecule has 3 N–H and O–H groups in total. The second kappa shape index (κ2) is 6.06. The average Bonchev–Trinajstić information content (AvgIpc) is 3.14. The molecule has 2 saturated heterocycles. The van der Waals surface area contributed by atoms with Gasteiger partial charge in [0.2, 0.25) is 5.91 Å². The van der Waals surface area contributed by atoms with Gasteiger partial charge in [0.15, 0.2) is 0 Å². The number of carbonyl (C=O) groups is 2. The molecule has 2 aliphatic heterocycles. The van der Waals surface area contributed by atoms with Crippen LogP contribution in [0.15, 0.2) is 30.3 Å². The molecule has 2 heterocycles. The van der Waals surface area contributed by atoms with E-state index >= 15 is 0 Å². The van der Waals surface area contributed by atoms with Crippen LogP contribution in [0.2, 0.25) is 0 Å². The third-order valence-corrected chi connectivity index (χ3v) is 4.56. The summed E-state index contributed by atoms with van der Waals surface area (Å²) in [7, 11) is 0. The highest BCUT2D eigenvalue weighted by Gasteiger charge is 2.55. The Morgan fingerprint density at radius 3 is 2.41 bits per heavy atom. The maximum atomic E-state index is 12.5. The maximum Gasteiger partial charge on any atom is 0.310 e. The molecule has 1 unspecified atom stereocenters. The monoisotopic (exact) mass is 305 g/mol. The van der Waals surface area contributed by atoms with Crippen molar-refractivity contribution in [3.05, 3.63) is 35.9 Å². The van der Waals surface area contributed by atoms with E-state index in [2.05, 4.69) is 5.32 Å². The normalized spacial score (nSPS) is 31.0. The Morgan fingerprint density at radius 1 is 1.18 bits per heavy atom. The molecule has 1 aromatic carbocycles. The van der Waals surface area contributed by atoms with E-state index in [1.807, 2.05) is 30.3 Å². The van der Waals surface area contributed by atoms with Gasteiger partial charge in [-0.05, 0) is 18.4 Å². The van der Waals surface area contributed by atoms with Crippen LogP contribution in [-0.4, -0.2) is 40.9 Å². The summed E-state index contributed by atoms with van der Waals surface area (Å²) in [6, 6.07) is 8.59. The highest BCUT2D eigenvalue weighted by atomic mass is 16.5. The summed E-state index contributed by atoms with van der Waals surface area (Å²) in [4.78, 5) is 23.9. The molecule has 6 heteroatoms. The van der Waals surface area contributed by atoms with Crippen LogP contribution < -0.4 is 5.32 Å². The van der Waals surface area contributed by atoms with Crippen molar-refractivity contribution in [1.82, 2.24) is 5.32 Å². The quantitative estimate of drug-likeness (QED) is 0.745. The number of hydrogen-bond donors (Lipinski definition) is 3. The Balaban J connectivity index is 1.74. The first-order chi connectivity index (χ1) is 10.6. The number of carboxylic acid groups (broad SMARTS) is 1. The first-order valence-electron chi connectivity index (χ1n) is 7.46. The number of carboxylic acids is 1. The van der Waals surface area contributed by atoms with Crippen molar-refractivity contribution in [3.63, 3.8) is 0 Å². The highest BCUT2D eigenvalue weighted by molar-refractivity contribution is 5.86. The van der Waals surface area contributed by atoms with Gasteiger partial charge in [-0.2, -0.15) is 0 Å². The van der Waals surface area contributed by atoms with Crippen LogP contribution in [0, 0.1) is 11.8 Å². The average molecular weight is 305 g/mol. The molecular weight excluding hydrogens is 286 g/mol. The summed E-state index contributed by atoms with van der Waals surface area (Å²) in [5.41, 5.74) is 0.786. The van der Waals surface area contributed by atoms with E-state index in [1.165, 1.54) is 0 Å². The van der Waals surface area contributed by atoms with Gasteiger partial charge in [0, 0.05) is 0 Å². The second-order valence-electron chi connectivity index (χ2n) is 5.83. The topological polar surface area (TPSA) is 95.9 Å². The lowest BCUT2D eigenvalue weighted by atomic mass is 9.78. The summed E-state index contributed by atoms with van der Waals surface area (Å²) in [5.74, 6) is -2.84. The van der Waals surface area contributed by atoms with Crippen LogP contribution in [0.1, 0.15) is 24.4 Å². The van der Waals surface area contributed by atoms with Gasteiger partial charge < -0.3 is 20.3 Å². The number of ether oxygens (including phenoxy) is 1. The minimum Gasteiger partial charge on any atom is -0.481 e. The van der Waals surface area contributed by atoms with Crippen molar-refractivity contribution in [3.8, 4) is 0 Å². The number of carbonyl (C=O) groups excluding carboxylic acids is 1. The number of rotatable bonds is 5. The SMILES string of the molecule is O=C(NC(CO)c1ccccc1)[C@@H]1[C@H](C(=O)O)[C@@H]2CC[C@H]1O2. The van der Waals surface area contributed by atoms with Gasteiger partial charge in [-0.15, -0.1) is 0 Å². The van der Waals surface area contributed by atoms with E-state index in [9.17, 15) is 19.8 Å². The number of fused-ring (bicyclic) bond motifs is 2. The number of aliphatic hydroxyl groups is 1. The standard InChI is InChI=1S/C16H19NO5/c18-8-10(9-4-2-1-3-5-9)17-15(19)13-11-6-7-12(22-11)14(13)16(20)21/h1-5,10-14,18H,6-8H2,(H,17,19)(H,20,21)/t10?,11-,12+,13+,14-/m1/s1. The second-order valence-corrected chi connectivity index (χ2v) is 5.83. The molecular formula is C16H19NO5. The zero-order valence-corrected chi connectivity index (χ0v) is 12.0. The Hall–Kier alpha value is -1.92. The van der Waals surface area contributed by atoms with Crippen molar-refractivity contribution in [1.29, 1.82) is 0 Å². The van der Waals surface area contributed by atoms with Gasteiger partial charge in [-0.1, -0.05) is 30.3 Å². The highest BCUT2D eigenvalue weighted by Crippen LogP contribution is 2.43. The van der Waals surface area contributed by atoms with Gasteiger partial charge in [0.05, 0.1) is 36.7 Å². The summed E-state index contributed by atoms with van der Waals surface area (Å²) in [5, 5.41) is 21.6. The minimum atomic E-state index is -0.993. The van der Waals surface area contributed by atoms with Gasteiger partial charge in [-0.25, -0.2) is 0 Å². The third kappa shape index (κ3) is 2.60. The molecule has 1 amide bonds. The number of nitrogens with one attached hydrogen (secondary N) is 1. The van der Waals surface area contributed by atoms with Gasteiger partial charge in [0.1, 0.15) is 0 Å². The summed E-state index contributed by atoms with van der Waals surface area (Å²) >= 11 is 0. The molecule has 0 aromatic heterocycles. The molecule has 5 atom stereocenters. The van der Waals surface area contributed by atoms with E-state index in [0.717, 1.165) is 5.56 Å². The zero-order chi connectivity index (χ0) is 15.7. The molecule has 2 fully saturated rings. The van der Waals surface area contributed by atoms with Gasteiger partial charge in [-0.3, -0.25) is 9.59 Å². The van der Waals surface area contributed by atoms with Crippen LogP contribution in [0.3, 0.4) is 0 Å². The molecule has 1 aromatic rings. The summed E-state index contributed by atoms with van der Waals surface area (Å²) < 4.78 is 5.60. The molecule has 0 spiro atoms. The van der Waals surface area contributed by atoms with E-state index in [0.29, 0.717) is 12.8 Å². The molecule has 118 valence electrons. The lowest BCUT2D eigenvalue weighted by Gasteiger charge is -2.26. The largest absolute Gasteiger partial charge is 0.481 e. The maximum absolute atomic E-state index is 12.5. The molecule has 0 aliphatic carbocycles. The fraction of sp³-hybridized carbons (Fsp3) is 0.500.